The van der Waals surface area contributed by atoms with Gasteiger partial charge in [-0.05, 0) is 6.07 Å². The van der Waals surface area contributed by atoms with Gasteiger partial charge in [0.15, 0.2) is 0 Å². The van der Waals surface area contributed by atoms with Gasteiger partial charge < -0.3 is 5.73 Å². The van der Waals surface area contributed by atoms with E-state index in [0.29, 0.717) is 6.07 Å². The first-order chi connectivity index (χ1) is 6.15. The Morgan fingerprint density at radius 3 is 2.62 bits per heavy atom. The molecule has 0 spiro atoms. The van der Waals surface area contributed by atoms with Crippen molar-refractivity contribution >= 4 is 17.3 Å². The third-order valence-corrected chi connectivity index (χ3v) is 1.51. The minimum Gasteiger partial charge on any atom is -0.396 e. The van der Waals surface area contributed by atoms with E-state index in [-0.39, 0.29) is 17.1 Å². The quantitative estimate of drug-likeness (QED) is 0.389. The highest BCUT2D eigenvalue weighted by Crippen LogP contribution is 2.15. The highest BCUT2D eigenvalue weighted by Gasteiger charge is 2.04. The van der Waals surface area contributed by atoms with Crippen molar-refractivity contribution in [3.05, 3.63) is 29.3 Å². The standard InChI is InChI=1S/C9H6ClF2N/c10-3-1-2-6-4-9(13)8(12)5-7(6)11/h4-5H,3,13H2. The Morgan fingerprint density at radius 1 is 1.31 bits per heavy atom. The predicted molar refractivity (Wildman–Crippen MR) is 48.4 cm³/mol. The maximum Gasteiger partial charge on any atom is 0.149 e. The van der Waals surface area contributed by atoms with Crippen molar-refractivity contribution in [3.8, 4) is 11.8 Å². The summed E-state index contributed by atoms with van der Waals surface area (Å²) in [5.74, 6) is 3.45. The maximum atomic E-state index is 12.9. The van der Waals surface area contributed by atoms with Crippen LogP contribution in [0.4, 0.5) is 14.5 Å². The number of hydrogen-bond donors (Lipinski definition) is 1. The van der Waals surface area contributed by atoms with E-state index in [1.165, 1.54) is 0 Å². The van der Waals surface area contributed by atoms with Crippen LogP contribution in [0.5, 0.6) is 0 Å². The van der Waals surface area contributed by atoms with Gasteiger partial charge in [-0.2, -0.15) is 0 Å². The summed E-state index contributed by atoms with van der Waals surface area (Å²) in [6.45, 7) is 0. The van der Waals surface area contributed by atoms with Crippen LogP contribution >= 0.6 is 11.6 Å². The first-order valence-electron chi connectivity index (χ1n) is 3.44. The Kier molecular flexibility index (Phi) is 3.10. The number of benzene rings is 1. The van der Waals surface area contributed by atoms with Gasteiger partial charge in [-0.15, -0.1) is 11.6 Å². The van der Waals surface area contributed by atoms with E-state index in [4.69, 9.17) is 17.3 Å². The van der Waals surface area contributed by atoms with Crippen LogP contribution in [-0.4, -0.2) is 5.88 Å². The summed E-state index contributed by atoms with van der Waals surface area (Å²) in [7, 11) is 0. The number of nitrogens with two attached hydrogens (primary N) is 1. The van der Waals surface area contributed by atoms with E-state index < -0.39 is 11.6 Å². The maximum absolute atomic E-state index is 12.9. The molecule has 0 aliphatic carbocycles. The summed E-state index contributed by atoms with van der Waals surface area (Å²) in [5.41, 5.74) is 5.15. The van der Waals surface area contributed by atoms with Gasteiger partial charge in [0.25, 0.3) is 0 Å². The Labute approximate surface area is 79.5 Å². The lowest BCUT2D eigenvalue weighted by atomic mass is 10.2. The summed E-state index contributed by atoms with van der Waals surface area (Å²) in [4.78, 5) is 0. The molecule has 1 aromatic rings. The lowest BCUT2D eigenvalue weighted by Crippen LogP contribution is -1.94. The van der Waals surface area contributed by atoms with Gasteiger partial charge in [-0.1, -0.05) is 11.8 Å². The van der Waals surface area contributed by atoms with E-state index in [0.717, 1.165) is 6.07 Å². The smallest absolute Gasteiger partial charge is 0.149 e. The predicted octanol–water partition coefficient (Wildman–Crippen LogP) is 2.14. The van der Waals surface area contributed by atoms with Crippen molar-refractivity contribution in [1.82, 2.24) is 0 Å². The SMILES string of the molecule is Nc1cc(C#CCCl)c(F)cc1F. The van der Waals surface area contributed by atoms with Crippen molar-refractivity contribution in [2.75, 3.05) is 11.6 Å². The molecule has 0 fully saturated rings. The van der Waals surface area contributed by atoms with Crippen molar-refractivity contribution in [2.45, 2.75) is 0 Å². The van der Waals surface area contributed by atoms with Crippen LogP contribution in [-0.2, 0) is 0 Å². The Hall–Kier alpha value is -1.27. The summed E-state index contributed by atoms with van der Waals surface area (Å²) >= 11 is 5.27. The van der Waals surface area contributed by atoms with E-state index in [1.807, 2.05) is 0 Å². The number of alkyl halides is 1. The number of hydrogen-bond acceptors (Lipinski definition) is 1. The van der Waals surface area contributed by atoms with Crippen LogP contribution in [0.25, 0.3) is 0 Å². The fourth-order valence-corrected chi connectivity index (χ4v) is 0.857. The zero-order valence-electron chi connectivity index (χ0n) is 6.57. The summed E-state index contributed by atoms with van der Waals surface area (Å²) in [6.07, 6.45) is 0. The topological polar surface area (TPSA) is 26.0 Å². The van der Waals surface area contributed by atoms with Gasteiger partial charge in [-0.25, -0.2) is 8.78 Å². The zero-order chi connectivity index (χ0) is 9.84. The van der Waals surface area contributed by atoms with Crippen LogP contribution in [0.15, 0.2) is 12.1 Å². The third kappa shape index (κ3) is 2.33. The Morgan fingerprint density at radius 2 is 2.00 bits per heavy atom. The van der Waals surface area contributed by atoms with Crippen molar-refractivity contribution in [1.29, 1.82) is 0 Å². The van der Waals surface area contributed by atoms with Gasteiger partial charge in [0.2, 0.25) is 0 Å². The number of nitrogen functional groups attached to an aromatic ring is 1. The van der Waals surface area contributed by atoms with E-state index in [2.05, 4.69) is 11.8 Å². The molecule has 1 aromatic carbocycles. The second-order valence-corrected chi connectivity index (χ2v) is 2.56. The average Bonchev–Trinajstić information content (AvgIpc) is 2.09. The molecule has 0 saturated carbocycles. The van der Waals surface area contributed by atoms with Crippen molar-refractivity contribution in [3.63, 3.8) is 0 Å². The molecular weight excluding hydrogens is 196 g/mol. The minimum atomic E-state index is -0.783. The number of anilines is 1. The Balaban J connectivity index is 3.16. The van der Waals surface area contributed by atoms with Gasteiger partial charge >= 0.3 is 0 Å². The van der Waals surface area contributed by atoms with Gasteiger partial charge in [0.05, 0.1) is 17.1 Å². The van der Waals surface area contributed by atoms with E-state index in [1.54, 1.807) is 0 Å². The normalized spacial score (nSPS) is 9.15. The molecule has 13 heavy (non-hydrogen) atoms. The zero-order valence-corrected chi connectivity index (χ0v) is 7.33. The average molecular weight is 202 g/mol. The molecule has 0 heterocycles. The molecule has 0 saturated heterocycles. The lowest BCUT2D eigenvalue weighted by molar-refractivity contribution is 0.584. The first kappa shape index (κ1) is 9.82. The monoisotopic (exact) mass is 201 g/mol. The molecule has 0 atom stereocenters. The van der Waals surface area contributed by atoms with Crippen LogP contribution < -0.4 is 5.73 Å². The molecule has 1 nitrogen and oxygen atoms in total. The summed E-state index contributed by atoms with van der Waals surface area (Å²) in [6, 6.07) is 1.85. The van der Waals surface area contributed by atoms with Crippen LogP contribution in [0.1, 0.15) is 5.56 Å². The molecular formula is C9H6ClF2N. The molecule has 68 valence electrons. The summed E-state index contributed by atoms with van der Waals surface area (Å²) < 4.78 is 25.6. The first-order valence-corrected chi connectivity index (χ1v) is 3.98. The molecule has 0 aliphatic rings. The highest BCUT2D eigenvalue weighted by atomic mass is 35.5. The van der Waals surface area contributed by atoms with Crippen molar-refractivity contribution in [2.24, 2.45) is 0 Å². The third-order valence-electron chi connectivity index (χ3n) is 1.38. The molecule has 0 aromatic heterocycles. The van der Waals surface area contributed by atoms with E-state index >= 15 is 0 Å². The molecule has 0 radical (unpaired) electrons. The Bertz CT molecular complexity index is 379. The van der Waals surface area contributed by atoms with Crippen LogP contribution in [0, 0.1) is 23.5 Å². The second kappa shape index (κ2) is 4.11. The van der Waals surface area contributed by atoms with Crippen molar-refractivity contribution < 1.29 is 8.78 Å². The molecule has 2 N–H and O–H groups in total. The highest BCUT2D eigenvalue weighted by molar-refractivity contribution is 6.19. The minimum absolute atomic E-state index is 0.0551. The molecule has 0 amide bonds. The van der Waals surface area contributed by atoms with Crippen LogP contribution in [0.2, 0.25) is 0 Å². The largest absolute Gasteiger partial charge is 0.396 e. The van der Waals surface area contributed by atoms with Gasteiger partial charge in [-0.3, -0.25) is 0 Å². The summed E-state index contributed by atoms with van der Waals surface area (Å²) in [5, 5.41) is 0. The molecule has 0 bridgehead atoms. The number of rotatable bonds is 0. The molecule has 0 unspecified atom stereocenters. The van der Waals surface area contributed by atoms with Gasteiger partial charge in [0, 0.05) is 6.07 Å². The lowest BCUT2D eigenvalue weighted by Gasteiger charge is -1.98. The number of halogens is 3. The van der Waals surface area contributed by atoms with Crippen LogP contribution in [0.3, 0.4) is 0 Å². The molecule has 1 rings (SSSR count). The van der Waals surface area contributed by atoms with E-state index in [9.17, 15) is 8.78 Å². The molecule has 4 heteroatoms. The fraction of sp³-hybridized carbons (Fsp3) is 0.111. The molecule has 0 aliphatic heterocycles. The van der Waals surface area contributed by atoms with Gasteiger partial charge in [0.1, 0.15) is 11.6 Å². The fourth-order valence-electron chi connectivity index (χ4n) is 0.790. The second-order valence-electron chi connectivity index (χ2n) is 2.29.